The van der Waals surface area contributed by atoms with Crippen LogP contribution >= 0.6 is 0 Å². The van der Waals surface area contributed by atoms with E-state index < -0.39 is 0 Å². The van der Waals surface area contributed by atoms with Crippen LogP contribution < -0.4 is 5.73 Å². The van der Waals surface area contributed by atoms with E-state index in [2.05, 4.69) is 59.8 Å². The molecule has 4 nitrogen and oxygen atoms in total. The molecule has 0 saturated heterocycles. The summed E-state index contributed by atoms with van der Waals surface area (Å²) in [5.41, 5.74) is 8.08. The number of benzene rings is 1. The maximum atomic E-state index is 5.66. The number of hydrogen-bond acceptors (Lipinski definition) is 3. The smallest absolute Gasteiger partial charge is 0.163 e. The first-order chi connectivity index (χ1) is 8.67. The normalized spacial score (nSPS) is 11.2. The van der Waals surface area contributed by atoms with Crippen LogP contribution in [-0.2, 0) is 13.1 Å². The lowest BCUT2D eigenvalue weighted by molar-refractivity contribution is 0.704. The summed E-state index contributed by atoms with van der Waals surface area (Å²) in [5, 5.41) is 8.36. The van der Waals surface area contributed by atoms with Gasteiger partial charge in [0.25, 0.3) is 0 Å². The second kappa shape index (κ2) is 5.31. The summed E-state index contributed by atoms with van der Waals surface area (Å²) in [6.07, 6.45) is 0. The van der Waals surface area contributed by atoms with Crippen LogP contribution in [0.5, 0.6) is 0 Å². The summed E-state index contributed by atoms with van der Waals surface area (Å²) in [4.78, 5) is 0. The quantitative estimate of drug-likeness (QED) is 0.899. The summed E-state index contributed by atoms with van der Waals surface area (Å²) < 4.78 is 2.06. The second-order valence-corrected chi connectivity index (χ2v) is 4.66. The third-order valence-electron chi connectivity index (χ3n) is 3.16. The second-order valence-electron chi connectivity index (χ2n) is 4.66. The van der Waals surface area contributed by atoms with Gasteiger partial charge < -0.3 is 10.3 Å². The zero-order chi connectivity index (χ0) is 13.1. The molecule has 0 aliphatic heterocycles. The van der Waals surface area contributed by atoms with E-state index in [0.29, 0.717) is 12.5 Å². The molecule has 1 aromatic heterocycles. The average Bonchev–Trinajstić information content (AvgIpc) is 2.81. The fourth-order valence-electron chi connectivity index (χ4n) is 2.05. The SMILES string of the molecule is CCn1c(CN)nnc1-c1ccc(C(C)C)cc1. The summed E-state index contributed by atoms with van der Waals surface area (Å²) in [7, 11) is 0. The minimum absolute atomic E-state index is 0.422. The maximum Gasteiger partial charge on any atom is 0.163 e. The fourth-order valence-corrected chi connectivity index (χ4v) is 2.05. The Balaban J connectivity index is 2.39. The number of aromatic nitrogens is 3. The van der Waals surface area contributed by atoms with Crippen LogP contribution in [0, 0.1) is 0 Å². The van der Waals surface area contributed by atoms with E-state index in [1.54, 1.807) is 0 Å². The van der Waals surface area contributed by atoms with Crippen molar-refractivity contribution in [2.45, 2.75) is 39.8 Å². The van der Waals surface area contributed by atoms with Crippen LogP contribution in [0.15, 0.2) is 24.3 Å². The van der Waals surface area contributed by atoms with Crippen LogP contribution in [0.25, 0.3) is 11.4 Å². The first kappa shape index (κ1) is 12.8. The van der Waals surface area contributed by atoms with Gasteiger partial charge >= 0.3 is 0 Å². The molecule has 0 saturated carbocycles. The van der Waals surface area contributed by atoms with Gasteiger partial charge in [0.05, 0.1) is 6.54 Å². The van der Waals surface area contributed by atoms with E-state index in [9.17, 15) is 0 Å². The third-order valence-corrected chi connectivity index (χ3v) is 3.16. The minimum atomic E-state index is 0.422. The van der Waals surface area contributed by atoms with Crippen molar-refractivity contribution in [3.05, 3.63) is 35.7 Å². The largest absolute Gasteiger partial charge is 0.324 e. The molecule has 0 aliphatic carbocycles. The molecule has 2 rings (SSSR count). The Morgan fingerprint density at radius 2 is 1.83 bits per heavy atom. The Bertz CT molecular complexity index is 511. The predicted octanol–water partition coefficient (Wildman–Crippen LogP) is 2.55. The minimum Gasteiger partial charge on any atom is -0.324 e. The monoisotopic (exact) mass is 244 g/mol. The first-order valence-corrected chi connectivity index (χ1v) is 6.39. The van der Waals surface area contributed by atoms with E-state index in [-0.39, 0.29) is 0 Å². The van der Waals surface area contributed by atoms with Gasteiger partial charge in [0.15, 0.2) is 5.82 Å². The van der Waals surface area contributed by atoms with Crippen molar-refractivity contribution in [2.75, 3.05) is 0 Å². The molecular weight excluding hydrogens is 224 g/mol. The van der Waals surface area contributed by atoms with Gasteiger partial charge in [-0.25, -0.2) is 0 Å². The highest BCUT2D eigenvalue weighted by atomic mass is 15.3. The molecule has 4 heteroatoms. The molecule has 1 heterocycles. The molecule has 0 amide bonds. The van der Waals surface area contributed by atoms with Gasteiger partial charge in [-0.3, -0.25) is 0 Å². The van der Waals surface area contributed by atoms with E-state index >= 15 is 0 Å². The topological polar surface area (TPSA) is 56.7 Å². The predicted molar refractivity (Wildman–Crippen MR) is 73.1 cm³/mol. The molecule has 0 spiro atoms. The van der Waals surface area contributed by atoms with Crippen molar-refractivity contribution in [3.8, 4) is 11.4 Å². The lowest BCUT2D eigenvalue weighted by atomic mass is 10.0. The average molecular weight is 244 g/mol. The van der Waals surface area contributed by atoms with Gasteiger partial charge in [0.2, 0.25) is 0 Å². The molecule has 2 N–H and O–H groups in total. The Kier molecular flexibility index (Phi) is 3.77. The van der Waals surface area contributed by atoms with Crippen molar-refractivity contribution in [2.24, 2.45) is 5.73 Å². The molecule has 0 unspecified atom stereocenters. The van der Waals surface area contributed by atoms with Gasteiger partial charge in [-0.05, 0) is 18.4 Å². The van der Waals surface area contributed by atoms with Crippen LogP contribution in [0.4, 0.5) is 0 Å². The number of nitrogens with two attached hydrogens (primary N) is 1. The molecule has 96 valence electrons. The number of rotatable bonds is 4. The Labute approximate surface area is 108 Å². The van der Waals surface area contributed by atoms with Crippen LogP contribution in [-0.4, -0.2) is 14.8 Å². The Hall–Kier alpha value is -1.68. The van der Waals surface area contributed by atoms with Crippen molar-refractivity contribution < 1.29 is 0 Å². The van der Waals surface area contributed by atoms with Gasteiger partial charge in [-0.2, -0.15) is 0 Å². The highest BCUT2D eigenvalue weighted by Gasteiger charge is 2.11. The third kappa shape index (κ3) is 2.29. The van der Waals surface area contributed by atoms with Gasteiger partial charge in [-0.15, -0.1) is 10.2 Å². The Morgan fingerprint density at radius 3 is 2.33 bits per heavy atom. The van der Waals surface area contributed by atoms with E-state index in [4.69, 9.17) is 5.73 Å². The van der Waals surface area contributed by atoms with Crippen molar-refractivity contribution in [1.29, 1.82) is 0 Å². The standard InChI is InChI=1S/C14H20N4/c1-4-18-13(9-15)16-17-14(18)12-7-5-11(6-8-12)10(2)3/h5-8,10H,4,9,15H2,1-3H3. The van der Waals surface area contributed by atoms with E-state index in [1.807, 2.05) is 0 Å². The summed E-state index contributed by atoms with van der Waals surface area (Å²) >= 11 is 0. The van der Waals surface area contributed by atoms with Gasteiger partial charge in [0.1, 0.15) is 5.82 Å². The molecule has 1 aromatic carbocycles. The lowest BCUT2D eigenvalue weighted by Crippen LogP contribution is -2.08. The summed E-state index contributed by atoms with van der Waals surface area (Å²) in [6, 6.07) is 8.51. The summed E-state index contributed by atoms with van der Waals surface area (Å²) in [6.45, 7) is 7.71. The van der Waals surface area contributed by atoms with Crippen molar-refractivity contribution >= 4 is 0 Å². The maximum absolute atomic E-state index is 5.66. The molecule has 2 aromatic rings. The van der Waals surface area contributed by atoms with E-state index in [0.717, 1.165) is 23.8 Å². The zero-order valence-corrected chi connectivity index (χ0v) is 11.2. The molecule has 0 fully saturated rings. The lowest BCUT2D eigenvalue weighted by Gasteiger charge is -2.08. The highest BCUT2D eigenvalue weighted by Crippen LogP contribution is 2.21. The number of nitrogens with zero attached hydrogens (tertiary/aromatic N) is 3. The van der Waals surface area contributed by atoms with Crippen LogP contribution in [0.2, 0.25) is 0 Å². The molecule has 0 bridgehead atoms. The van der Waals surface area contributed by atoms with Gasteiger partial charge in [-0.1, -0.05) is 38.1 Å². The molecule has 18 heavy (non-hydrogen) atoms. The van der Waals surface area contributed by atoms with Crippen LogP contribution in [0.1, 0.15) is 38.1 Å². The molecule has 0 atom stereocenters. The van der Waals surface area contributed by atoms with Crippen LogP contribution in [0.3, 0.4) is 0 Å². The molecule has 0 aliphatic rings. The first-order valence-electron chi connectivity index (χ1n) is 6.39. The summed E-state index contributed by atoms with van der Waals surface area (Å²) in [5.74, 6) is 2.27. The zero-order valence-electron chi connectivity index (χ0n) is 11.2. The van der Waals surface area contributed by atoms with Crippen molar-refractivity contribution in [3.63, 3.8) is 0 Å². The molecule has 0 radical (unpaired) electrons. The Morgan fingerprint density at radius 1 is 1.17 bits per heavy atom. The molecular formula is C14H20N4. The fraction of sp³-hybridized carbons (Fsp3) is 0.429. The highest BCUT2D eigenvalue weighted by molar-refractivity contribution is 5.56. The number of hydrogen-bond donors (Lipinski definition) is 1. The van der Waals surface area contributed by atoms with E-state index in [1.165, 1.54) is 5.56 Å². The van der Waals surface area contributed by atoms with Gasteiger partial charge in [0, 0.05) is 12.1 Å². The van der Waals surface area contributed by atoms with Crippen molar-refractivity contribution in [1.82, 2.24) is 14.8 Å².